The largest absolute Gasteiger partial charge is 0.493 e. The average molecular weight is 499 g/mol. The minimum absolute atomic E-state index is 0.0639. The molecule has 6 N–H and O–H groups in total. The monoisotopic (exact) mass is 498 g/mol. The number of benzene rings is 2. The molecule has 4 aromatic rings. The lowest BCUT2D eigenvalue weighted by Gasteiger charge is -2.13. The highest BCUT2D eigenvalue weighted by molar-refractivity contribution is 5.97. The van der Waals surface area contributed by atoms with Gasteiger partial charge in [0.15, 0.2) is 11.5 Å². The van der Waals surface area contributed by atoms with Gasteiger partial charge < -0.3 is 31.2 Å². The van der Waals surface area contributed by atoms with Gasteiger partial charge in [-0.3, -0.25) is 9.59 Å². The molecule has 0 fully saturated rings. The molecule has 2 aromatic carbocycles. The predicted octanol–water partition coefficient (Wildman–Crippen LogP) is 2.24. The first-order valence-corrected chi connectivity index (χ1v) is 11.4. The smallest absolute Gasteiger partial charge is 0.256 e. The van der Waals surface area contributed by atoms with Crippen LogP contribution in [0.5, 0.6) is 11.5 Å². The number of carbonyl (C=O) groups excluding carboxylic acids is 1. The van der Waals surface area contributed by atoms with E-state index >= 15 is 0 Å². The zero-order valence-electron chi connectivity index (χ0n) is 20.6. The second-order valence-corrected chi connectivity index (χ2v) is 8.10. The fraction of sp³-hybridized carbons (Fsp3) is 0.185. The molecule has 1 amide bonds. The summed E-state index contributed by atoms with van der Waals surface area (Å²) in [6, 6.07) is 8.86. The maximum Gasteiger partial charge on any atom is 0.256 e. The molecule has 10 heteroatoms. The first kappa shape index (κ1) is 25.1. The van der Waals surface area contributed by atoms with E-state index in [1.807, 2.05) is 12.1 Å². The number of ether oxygens (including phenoxy) is 2. The van der Waals surface area contributed by atoms with Crippen LogP contribution in [0, 0.1) is 11.8 Å². The number of nitrogen functional groups attached to an aromatic ring is 2. The number of nitrogens with one attached hydrogen (secondary N) is 2. The van der Waals surface area contributed by atoms with Crippen molar-refractivity contribution >= 4 is 28.6 Å². The zero-order valence-corrected chi connectivity index (χ0v) is 20.6. The number of H-pyrrole nitrogens is 1. The Hall–Kier alpha value is -5.04. The molecule has 0 saturated carbocycles. The minimum atomic E-state index is -0.414. The lowest BCUT2D eigenvalue weighted by Crippen LogP contribution is -2.28. The average Bonchev–Trinajstić information content (AvgIpc) is 2.89. The molecule has 4 rings (SSSR count). The number of amides is 1. The van der Waals surface area contributed by atoms with E-state index in [9.17, 15) is 9.59 Å². The van der Waals surface area contributed by atoms with Gasteiger partial charge in [0.2, 0.25) is 11.4 Å². The molecule has 188 valence electrons. The number of methoxy groups -OCH3 is 2. The van der Waals surface area contributed by atoms with Crippen LogP contribution in [0.4, 0.5) is 11.8 Å². The van der Waals surface area contributed by atoms with Crippen LogP contribution >= 0.6 is 0 Å². The Morgan fingerprint density at radius 3 is 2.65 bits per heavy atom. The molecule has 37 heavy (non-hydrogen) atoms. The van der Waals surface area contributed by atoms with Gasteiger partial charge in [0.1, 0.15) is 11.4 Å². The number of aromatic nitrogens is 3. The Kier molecular flexibility index (Phi) is 7.25. The third-order valence-corrected chi connectivity index (χ3v) is 5.65. The van der Waals surface area contributed by atoms with Gasteiger partial charge >= 0.3 is 0 Å². The molecule has 0 bridgehead atoms. The second kappa shape index (κ2) is 10.7. The quantitative estimate of drug-likeness (QED) is 0.295. The van der Waals surface area contributed by atoms with Crippen LogP contribution in [0.3, 0.4) is 0 Å². The molecule has 0 aliphatic heterocycles. The summed E-state index contributed by atoms with van der Waals surface area (Å²) in [7, 11) is 3.09. The number of fused-ring (bicyclic) bond motifs is 1. The van der Waals surface area contributed by atoms with E-state index < -0.39 is 5.91 Å². The van der Waals surface area contributed by atoms with Gasteiger partial charge in [0, 0.05) is 41.9 Å². The van der Waals surface area contributed by atoms with Crippen molar-refractivity contribution in [1.82, 2.24) is 20.3 Å². The molecule has 10 nitrogen and oxygen atoms in total. The highest BCUT2D eigenvalue weighted by Crippen LogP contribution is 2.33. The van der Waals surface area contributed by atoms with Gasteiger partial charge in [-0.2, -0.15) is 4.98 Å². The minimum Gasteiger partial charge on any atom is -0.493 e. The van der Waals surface area contributed by atoms with E-state index in [0.717, 1.165) is 5.56 Å². The Balaban J connectivity index is 1.71. The van der Waals surface area contributed by atoms with Crippen LogP contribution in [-0.2, 0) is 6.42 Å². The first-order valence-electron chi connectivity index (χ1n) is 11.4. The highest BCUT2D eigenvalue weighted by Gasteiger charge is 2.14. The number of nitrogens with zero attached hydrogens (tertiary/aromatic N) is 2. The number of hydrogen-bond acceptors (Lipinski definition) is 8. The number of aromatic amines is 1. The van der Waals surface area contributed by atoms with Crippen LogP contribution < -0.4 is 31.7 Å². The summed E-state index contributed by atoms with van der Waals surface area (Å²) in [5.41, 5.74) is 14.7. The van der Waals surface area contributed by atoms with Crippen LogP contribution in [0.2, 0.25) is 0 Å². The number of anilines is 2. The molecule has 0 saturated heterocycles. The number of hydrogen-bond donors (Lipinski definition) is 4. The molecular weight excluding hydrogens is 472 g/mol. The SMILES string of the molecule is CCNC(=O)c1c[nH]c2cc(C#Cc3cc(Cc4cnc(N)nc4N)cc(OC)c3OC)ccc2c1=O. The van der Waals surface area contributed by atoms with E-state index in [1.54, 1.807) is 45.5 Å². The molecule has 0 spiro atoms. The third-order valence-electron chi connectivity index (χ3n) is 5.65. The van der Waals surface area contributed by atoms with Crippen molar-refractivity contribution in [3.8, 4) is 23.3 Å². The van der Waals surface area contributed by atoms with Crippen molar-refractivity contribution in [3.63, 3.8) is 0 Å². The van der Waals surface area contributed by atoms with Crippen LogP contribution in [0.1, 0.15) is 39.5 Å². The molecule has 2 heterocycles. The lowest BCUT2D eigenvalue weighted by atomic mass is 10.0. The molecular formula is C27H26N6O4. The van der Waals surface area contributed by atoms with Crippen LogP contribution in [0.25, 0.3) is 10.9 Å². The van der Waals surface area contributed by atoms with Crippen molar-refractivity contribution in [2.24, 2.45) is 0 Å². The molecule has 0 unspecified atom stereocenters. The van der Waals surface area contributed by atoms with Crippen molar-refractivity contribution < 1.29 is 14.3 Å². The normalized spacial score (nSPS) is 10.5. The summed E-state index contributed by atoms with van der Waals surface area (Å²) in [6.07, 6.45) is 3.44. The molecule has 0 aliphatic rings. The number of carbonyl (C=O) groups is 1. The standard InChI is InChI=1S/C27H26N6O4/c1-4-30-26(35)20-14-31-21-11-15(6-8-19(21)23(20)34)5-7-17-9-16(12-22(36-2)24(17)37-3)10-18-13-32-27(29)33-25(18)28/h6,8-9,11-14H,4,10H2,1-3H3,(H,30,35)(H,31,34)(H4,28,29,32,33). The second-order valence-electron chi connectivity index (χ2n) is 8.10. The van der Waals surface area contributed by atoms with Crippen LogP contribution in [-0.4, -0.2) is 41.6 Å². The Morgan fingerprint density at radius 1 is 1.14 bits per heavy atom. The summed E-state index contributed by atoms with van der Waals surface area (Å²) in [5, 5.41) is 3.04. The van der Waals surface area contributed by atoms with Crippen molar-refractivity contribution in [2.45, 2.75) is 13.3 Å². The fourth-order valence-electron chi connectivity index (χ4n) is 3.87. The van der Waals surface area contributed by atoms with Gasteiger partial charge in [-0.25, -0.2) is 4.98 Å². The summed E-state index contributed by atoms with van der Waals surface area (Å²) in [5.74, 6) is 7.25. The van der Waals surface area contributed by atoms with Crippen molar-refractivity contribution in [3.05, 3.63) is 80.8 Å². The Morgan fingerprint density at radius 2 is 1.95 bits per heavy atom. The topological polar surface area (TPSA) is 158 Å². The number of rotatable bonds is 6. The van der Waals surface area contributed by atoms with E-state index in [-0.39, 0.29) is 16.9 Å². The van der Waals surface area contributed by atoms with E-state index in [1.165, 1.54) is 6.20 Å². The Labute approximate surface area is 213 Å². The van der Waals surface area contributed by atoms with Gasteiger partial charge in [-0.1, -0.05) is 11.8 Å². The lowest BCUT2D eigenvalue weighted by molar-refractivity contribution is 0.0954. The zero-order chi connectivity index (χ0) is 26.5. The Bertz CT molecular complexity index is 1620. The third kappa shape index (κ3) is 5.31. The maximum absolute atomic E-state index is 12.7. The van der Waals surface area contributed by atoms with Gasteiger partial charge in [0.25, 0.3) is 5.91 Å². The van der Waals surface area contributed by atoms with E-state index in [0.29, 0.717) is 57.9 Å². The molecule has 0 aliphatic carbocycles. The summed E-state index contributed by atoms with van der Waals surface area (Å²) in [6.45, 7) is 2.22. The van der Waals surface area contributed by atoms with Gasteiger partial charge in [0.05, 0.1) is 25.3 Å². The molecule has 0 atom stereocenters. The summed E-state index contributed by atoms with van der Waals surface area (Å²) < 4.78 is 11.1. The summed E-state index contributed by atoms with van der Waals surface area (Å²) >= 11 is 0. The fourth-order valence-corrected chi connectivity index (χ4v) is 3.87. The van der Waals surface area contributed by atoms with E-state index in [2.05, 4.69) is 32.1 Å². The predicted molar refractivity (Wildman–Crippen MR) is 142 cm³/mol. The number of pyridine rings is 1. The van der Waals surface area contributed by atoms with E-state index in [4.69, 9.17) is 20.9 Å². The highest BCUT2D eigenvalue weighted by atomic mass is 16.5. The molecule has 2 aromatic heterocycles. The maximum atomic E-state index is 12.7. The van der Waals surface area contributed by atoms with Crippen LogP contribution in [0.15, 0.2) is 47.5 Å². The first-order chi connectivity index (χ1) is 17.8. The van der Waals surface area contributed by atoms with Gasteiger partial charge in [-0.05, 0) is 42.8 Å². The van der Waals surface area contributed by atoms with Crippen molar-refractivity contribution in [1.29, 1.82) is 0 Å². The molecule has 0 radical (unpaired) electrons. The summed E-state index contributed by atoms with van der Waals surface area (Å²) in [4.78, 5) is 35.9. The van der Waals surface area contributed by atoms with Crippen molar-refractivity contribution in [2.75, 3.05) is 32.2 Å². The van der Waals surface area contributed by atoms with Gasteiger partial charge in [-0.15, -0.1) is 0 Å². The number of nitrogens with two attached hydrogens (primary N) is 2.